The quantitative estimate of drug-likeness (QED) is 0.0385. The van der Waals surface area contributed by atoms with E-state index >= 15 is 0 Å². The van der Waals surface area contributed by atoms with Crippen molar-refractivity contribution in [2.45, 2.75) is 9.79 Å². The van der Waals surface area contributed by atoms with Crippen LogP contribution in [-0.4, -0.2) is 125 Å². The summed E-state index contributed by atoms with van der Waals surface area (Å²) in [5, 5.41) is 4.09. The van der Waals surface area contributed by atoms with Crippen LogP contribution in [0.15, 0.2) is 43.5 Å². The Hall–Kier alpha value is -3.58. The highest BCUT2D eigenvalue weighted by atomic mass is 35.5. The van der Waals surface area contributed by atoms with E-state index < -0.39 is 137 Å². The lowest BCUT2D eigenvalue weighted by atomic mass is 10.1. The Morgan fingerprint density at radius 2 is 1.28 bits per heavy atom. The number of sulfone groups is 2. The molecule has 0 aromatic heterocycles. The highest BCUT2D eigenvalue weighted by Crippen LogP contribution is 2.55. The number of fused-ring (bicyclic) bond motifs is 4. The molecule has 0 radical (unpaired) electrons. The fourth-order valence-electron chi connectivity index (χ4n) is 5.15. The van der Waals surface area contributed by atoms with Gasteiger partial charge in [-0.1, -0.05) is 23.2 Å². The maximum atomic E-state index is 13.7. The van der Waals surface area contributed by atoms with Gasteiger partial charge in [0.15, 0.2) is 42.5 Å². The summed E-state index contributed by atoms with van der Waals surface area (Å²) in [7, 11) is -29.3. The van der Waals surface area contributed by atoms with Gasteiger partial charge in [0.1, 0.15) is 37.5 Å². The van der Waals surface area contributed by atoms with E-state index in [1.807, 2.05) is 0 Å². The monoisotopic (exact) mass is 1010 g/mol. The molecule has 0 bridgehead atoms. The van der Waals surface area contributed by atoms with Crippen LogP contribution in [0.25, 0.3) is 22.6 Å². The largest absolute Gasteiger partial charge is 0.451 e. The molecule has 0 amide bonds. The summed E-state index contributed by atoms with van der Waals surface area (Å²) in [6, 6.07) is 4.45. The van der Waals surface area contributed by atoms with Crippen LogP contribution in [0.1, 0.15) is 0 Å². The molecule has 1 aliphatic carbocycles. The standard InChI is InChI=1S/C26H26Cl2N4O22S6/c27-18-21-25(54-23-14(31-21)1-2-15(30-4-6-50-58(40,41)42)26(23)56(35,36)10-8-52-60(46,47)48)19(28)22-24(18)53-16-11-13(29-3-5-49-57(37,38)39)12-17(20(16)32-22)55(33,34)9-7-51-59(43,44)45/h1-2,11-12,29,32H,3-10H2,(H,37,38,39)(H,40,41,42)(H,43,44,45)(H,46,47,48). The van der Waals surface area contributed by atoms with E-state index in [9.17, 15) is 50.5 Å². The molecule has 2 aliphatic heterocycles. The maximum Gasteiger partial charge on any atom is 0.397 e. The first-order valence-corrected chi connectivity index (χ1v) is 25.2. The van der Waals surface area contributed by atoms with E-state index in [-0.39, 0.29) is 51.3 Å². The molecule has 332 valence electrons. The molecule has 34 heteroatoms. The number of nitrogens with one attached hydrogen (secondary N) is 2. The van der Waals surface area contributed by atoms with Gasteiger partial charge >= 0.3 is 41.6 Å². The number of halogens is 2. The molecular formula is C26H26Cl2N4O22S6. The van der Waals surface area contributed by atoms with Crippen molar-refractivity contribution in [3.8, 4) is 23.0 Å². The Morgan fingerprint density at radius 1 is 0.717 bits per heavy atom. The van der Waals surface area contributed by atoms with E-state index in [1.165, 1.54) is 12.1 Å². The predicted molar refractivity (Wildman–Crippen MR) is 203 cm³/mol. The number of aromatic nitrogens is 1. The van der Waals surface area contributed by atoms with Crippen molar-refractivity contribution >= 4 is 113 Å². The summed E-state index contributed by atoms with van der Waals surface area (Å²) in [5.41, 5.74) is -1.77. The molecular weight excluding hydrogens is 984 g/mol. The van der Waals surface area contributed by atoms with Crippen LogP contribution < -0.4 is 20.7 Å². The fraction of sp³-hybridized carbons (Fsp3) is 0.308. The van der Waals surface area contributed by atoms with Crippen molar-refractivity contribution in [3.63, 3.8) is 0 Å². The number of rotatable bonds is 19. The minimum absolute atomic E-state index is 0.0733. The smallest absolute Gasteiger partial charge is 0.397 e. The van der Waals surface area contributed by atoms with E-state index in [2.05, 4.69) is 37.3 Å². The first-order chi connectivity index (χ1) is 27.6. The van der Waals surface area contributed by atoms with Crippen molar-refractivity contribution < 1.29 is 94.6 Å². The molecule has 6 N–H and O–H groups in total. The van der Waals surface area contributed by atoms with Crippen molar-refractivity contribution in [1.82, 2.24) is 4.98 Å². The zero-order valence-corrected chi connectivity index (χ0v) is 35.6. The molecule has 2 aromatic carbocycles. The average molecular weight is 1010 g/mol. The maximum absolute atomic E-state index is 13.7. The Morgan fingerprint density at radius 3 is 1.88 bits per heavy atom. The summed E-state index contributed by atoms with van der Waals surface area (Å²) < 4.78 is 207. The number of hydrogen-bond donors (Lipinski definition) is 6. The topological polar surface area (TPSA) is 394 Å². The second-order valence-corrected chi connectivity index (χ2v) is 20.7. The molecule has 5 rings (SSSR count). The van der Waals surface area contributed by atoms with Crippen LogP contribution in [0.4, 0.5) is 17.1 Å². The number of ether oxygens (including phenoxy) is 1. The molecule has 2 aromatic rings. The van der Waals surface area contributed by atoms with Gasteiger partial charge in [0, 0.05) is 18.3 Å². The Kier molecular flexibility index (Phi) is 14.0. The van der Waals surface area contributed by atoms with E-state index in [4.69, 9.17) is 50.6 Å². The van der Waals surface area contributed by atoms with Gasteiger partial charge in [0.2, 0.25) is 0 Å². The van der Waals surface area contributed by atoms with Gasteiger partial charge in [-0.3, -0.25) is 23.2 Å². The molecule has 2 heterocycles. The third-order valence-corrected chi connectivity index (χ3v) is 13.4. The second kappa shape index (κ2) is 17.7. The van der Waals surface area contributed by atoms with Gasteiger partial charge in [-0.15, -0.1) is 0 Å². The van der Waals surface area contributed by atoms with Gasteiger partial charge in [-0.05, 0) is 18.2 Å². The lowest BCUT2D eigenvalue weighted by Crippen LogP contribution is -2.24. The van der Waals surface area contributed by atoms with Gasteiger partial charge < -0.3 is 19.8 Å². The van der Waals surface area contributed by atoms with Crippen LogP contribution in [0.3, 0.4) is 0 Å². The Labute approximate surface area is 349 Å². The highest BCUT2D eigenvalue weighted by Gasteiger charge is 2.34. The van der Waals surface area contributed by atoms with Crippen LogP contribution in [0.2, 0.25) is 10.0 Å². The van der Waals surface area contributed by atoms with E-state index in [1.54, 1.807) is 0 Å². The zero-order chi connectivity index (χ0) is 44.6. The molecule has 26 nitrogen and oxygen atoms in total. The fourth-order valence-corrected chi connectivity index (χ4v) is 9.73. The number of anilines is 3. The molecule has 0 spiro atoms. The second-order valence-electron chi connectivity index (χ2n) is 11.5. The highest BCUT2D eigenvalue weighted by molar-refractivity contribution is 7.92. The number of benzene rings is 3. The summed E-state index contributed by atoms with van der Waals surface area (Å²) in [6.45, 7) is -4.54. The van der Waals surface area contributed by atoms with Gasteiger partial charge in [-0.2, -0.15) is 33.7 Å². The SMILES string of the molecule is O=S(=O)(O)OCCN=c1ccc2nc3c(Cl)c4c(c(Cl)c3oc-2c1S(=O)(=O)CCOS(=O)(=O)O)Nc1c(cc(NCCOS(=O)(=O)O)cc1S(=O)(=O)CCOS(=O)(=O)O)O4. The lowest BCUT2D eigenvalue weighted by molar-refractivity contribution is 0.274. The minimum Gasteiger partial charge on any atom is -0.451 e. The molecule has 0 fully saturated rings. The third kappa shape index (κ3) is 12.1. The number of hydrogen-bond acceptors (Lipinski definition) is 22. The van der Waals surface area contributed by atoms with E-state index in [0.717, 1.165) is 12.1 Å². The molecule has 0 unspecified atom stereocenters. The zero-order valence-electron chi connectivity index (χ0n) is 29.2. The minimum atomic E-state index is -5.10. The van der Waals surface area contributed by atoms with E-state index in [0.29, 0.717) is 0 Å². The van der Waals surface area contributed by atoms with Crippen molar-refractivity contribution in [2.75, 3.05) is 61.7 Å². The molecule has 3 aliphatic rings. The van der Waals surface area contributed by atoms with Crippen molar-refractivity contribution in [2.24, 2.45) is 4.99 Å². The summed E-state index contributed by atoms with van der Waals surface area (Å²) in [4.78, 5) is 6.92. The van der Waals surface area contributed by atoms with Crippen LogP contribution in [0.5, 0.6) is 11.5 Å². The van der Waals surface area contributed by atoms with Crippen LogP contribution in [0, 0.1) is 0 Å². The van der Waals surface area contributed by atoms with Crippen LogP contribution in [-0.2, 0) is 78.0 Å². The van der Waals surface area contributed by atoms with Gasteiger partial charge in [0.05, 0.1) is 54.7 Å². The predicted octanol–water partition coefficient (Wildman–Crippen LogP) is 1.23. The summed E-state index contributed by atoms with van der Waals surface area (Å²) in [6.07, 6.45) is 0. The van der Waals surface area contributed by atoms with Gasteiger partial charge in [-0.25, -0.2) is 38.6 Å². The molecule has 60 heavy (non-hydrogen) atoms. The average Bonchev–Trinajstić information content (AvgIpc) is 3.10. The van der Waals surface area contributed by atoms with Crippen LogP contribution >= 0.6 is 23.2 Å². The Balaban J connectivity index is 1.68. The van der Waals surface area contributed by atoms with Gasteiger partial charge in [0.25, 0.3) is 0 Å². The molecule has 0 saturated heterocycles. The molecule has 0 atom stereocenters. The van der Waals surface area contributed by atoms with Crippen molar-refractivity contribution in [1.29, 1.82) is 0 Å². The van der Waals surface area contributed by atoms with Crippen molar-refractivity contribution in [3.05, 3.63) is 39.7 Å². The first-order valence-electron chi connectivity index (χ1n) is 15.6. The number of nitrogens with zero attached hydrogens (tertiary/aromatic N) is 2. The first kappa shape index (κ1) is 47.5. The Bertz CT molecular complexity index is 3090. The lowest BCUT2D eigenvalue weighted by Gasteiger charge is -2.27. The third-order valence-electron chi connectivity index (χ3n) is 7.39. The normalized spacial score (nSPS) is 14.1. The summed E-state index contributed by atoms with van der Waals surface area (Å²) in [5.74, 6) is -3.41. The summed E-state index contributed by atoms with van der Waals surface area (Å²) >= 11 is 13.5. The molecule has 0 saturated carbocycles.